The van der Waals surface area contributed by atoms with Crippen molar-refractivity contribution in [3.05, 3.63) is 35.4 Å². The summed E-state index contributed by atoms with van der Waals surface area (Å²) in [7, 11) is 0. The predicted molar refractivity (Wildman–Crippen MR) is 66.2 cm³/mol. The summed E-state index contributed by atoms with van der Waals surface area (Å²) < 4.78 is 38.4. The molecule has 1 aliphatic rings. The third kappa shape index (κ3) is 2.86. The first kappa shape index (κ1) is 14.2. The van der Waals surface area contributed by atoms with Gasteiger partial charge in [0.15, 0.2) is 0 Å². The summed E-state index contributed by atoms with van der Waals surface area (Å²) in [5.41, 5.74) is -1.82. The van der Waals surface area contributed by atoms with Crippen LogP contribution in [0.15, 0.2) is 24.3 Å². The number of alkyl halides is 4. The van der Waals surface area contributed by atoms with Gasteiger partial charge in [-0.1, -0.05) is 12.1 Å². The van der Waals surface area contributed by atoms with Crippen LogP contribution in [0.4, 0.5) is 13.2 Å². The highest BCUT2D eigenvalue weighted by Gasteiger charge is 2.40. The van der Waals surface area contributed by atoms with E-state index >= 15 is 0 Å². The molecule has 1 aromatic rings. The number of hydrogen-bond acceptors (Lipinski definition) is 1. The molecule has 0 aliphatic heterocycles. The molecule has 0 heterocycles. The second-order valence-electron chi connectivity index (χ2n) is 4.76. The number of rotatable bonds is 3. The monoisotopic (exact) mass is 291 g/mol. The first-order valence-electron chi connectivity index (χ1n) is 5.93. The Morgan fingerprint density at radius 3 is 2.42 bits per heavy atom. The highest BCUT2D eigenvalue weighted by molar-refractivity contribution is 6.19. The fourth-order valence-corrected chi connectivity index (χ4v) is 2.47. The molecule has 0 aromatic heterocycles. The zero-order chi connectivity index (χ0) is 14.1. The minimum atomic E-state index is -4.54. The number of nitrogens with one attached hydrogen (secondary N) is 1. The normalized spacial score (nSPS) is 17.7. The molecule has 1 amide bonds. The second kappa shape index (κ2) is 5.04. The van der Waals surface area contributed by atoms with Gasteiger partial charge in [-0.25, -0.2) is 0 Å². The van der Waals surface area contributed by atoms with Gasteiger partial charge >= 0.3 is 6.18 Å². The zero-order valence-electron chi connectivity index (χ0n) is 10.1. The van der Waals surface area contributed by atoms with E-state index in [0.717, 1.165) is 12.5 Å². The molecule has 1 fully saturated rings. The molecular formula is C13H13ClF3NO. The lowest BCUT2D eigenvalue weighted by molar-refractivity contribution is -0.138. The second-order valence-corrected chi connectivity index (χ2v) is 5.03. The van der Waals surface area contributed by atoms with Crippen LogP contribution in [0.3, 0.4) is 0 Å². The van der Waals surface area contributed by atoms with Gasteiger partial charge in [0.05, 0.1) is 16.7 Å². The molecule has 2 rings (SSSR count). The molecule has 6 heteroatoms. The largest absolute Gasteiger partial charge is 0.417 e. The van der Waals surface area contributed by atoms with E-state index in [-0.39, 0.29) is 11.4 Å². The van der Waals surface area contributed by atoms with Crippen LogP contribution < -0.4 is 5.32 Å². The van der Waals surface area contributed by atoms with Gasteiger partial charge in [0.2, 0.25) is 0 Å². The molecule has 0 atom stereocenters. The lowest BCUT2D eigenvalue weighted by Gasteiger charge is -2.41. The highest BCUT2D eigenvalue weighted by Crippen LogP contribution is 2.35. The predicted octanol–water partition coefficient (Wildman–Crippen LogP) is 3.60. The van der Waals surface area contributed by atoms with Crippen molar-refractivity contribution >= 4 is 17.5 Å². The van der Waals surface area contributed by atoms with Crippen LogP contribution in [0, 0.1) is 0 Å². The Balaban J connectivity index is 2.25. The molecule has 1 aromatic carbocycles. The van der Waals surface area contributed by atoms with Gasteiger partial charge in [0, 0.05) is 5.88 Å². The van der Waals surface area contributed by atoms with Crippen LogP contribution in [0.5, 0.6) is 0 Å². The zero-order valence-corrected chi connectivity index (χ0v) is 10.8. The van der Waals surface area contributed by atoms with Crippen LogP contribution in [0.1, 0.15) is 35.2 Å². The van der Waals surface area contributed by atoms with Crippen molar-refractivity contribution in [2.45, 2.75) is 31.0 Å². The van der Waals surface area contributed by atoms with E-state index < -0.39 is 23.2 Å². The summed E-state index contributed by atoms with van der Waals surface area (Å²) in [4.78, 5) is 12.0. The van der Waals surface area contributed by atoms with Crippen LogP contribution in [0.25, 0.3) is 0 Å². The first-order chi connectivity index (χ1) is 8.88. The lowest BCUT2D eigenvalue weighted by Crippen LogP contribution is -2.55. The molecule has 0 unspecified atom stereocenters. The van der Waals surface area contributed by atoms with Gasteiger partial charge in [-0.3, -0.25) is 4.79 Å². The molecule has 0 saturated heterocycles. The lowest BCUT2D eigenvalue weighted by atomic mass is 9.78. The molecule has 0 spiro atoms. The molecule has 2 nitrogen and oxygen atoms in total. The third-order valence-corrected chi connectivity index (χ3v) is 3.93. The fraction of sp³-hybridized carbons (Fsp3) is 0.462. The van der Waals surface area contributed by atoms with E-state index in [1.165, 1.54) is 18.2 Å². The van der Waals surface area contributed by atoms with Crippen LogP contribution in [0.2, 0.25) is 0 Å². The Morgan fingerprint density at radius 2 is 1.95 bits per heavy atom. The molecule has 1 N–H and O–H groups in total. The number of carbonyl (C=O) groups is 1. The van der Waals surface area contributed by atoms with Gasteiger partial charge in [0.1, 0.15) is 0 Å². The highest BCUT2D eigenvalue weighted by atomic mass is 35.5. The van der Waals surface area contributed by atoms with E-state index in [1.54, 1.807) is 0 Å². The first-order valence-corrected chi connectivity index (χ1v) is 6.46. The molecule has 1 aliphatic carbocycles. The molecule has 19 heavy (non-hydrogen) atoms. The number of carbonyl (C=O) groups excluding carboxylic acids is 1. The van der Waals surface area contributed by atoms with Crippen molar-refractivity contribution in [1.29, 1.82) is 0 Å². The van der Waals surface area contributed by atoms with Gasteiger partial charge in [-0.05, 0) is 31.4 Å². The Hall–Kier alpha value is -1.23. The van der Waals surface area contributed by atoms with Gasteiger partial charge < -0.3 is 5.32 Å². The molecule has 104 valence electrons. The van der Waals surface area contributed by atoms with Crippen molar-refractivity contribution in [1.82, 2.24) is 5.32 Å². The van der Waals surface area contributed by atoms with E-state index in [4.69, 9.17) is 11.6 Å². The standard InChI is InChI=1S/C13H13ClF3NO/c14-8-12(6-3-7-12)18-11(19)9-4-1-2-5-10(9)13(15,16)17/h1-2,4-5H,3,6-8H2,(H,18,19). The van der Waals surface area contributed by atoms with Crippen molar-refractivity contribution in [2.24, 2.45) is 0 Å². The summed E-state index contributed by atoms with van der Waals surface area (Å²) in [6.07, 6.45) is -2.21. The molecule has 1 saturated carbocycles. The minimum absolute atomic E-state index is 0.215. The number of benzene rings is 1. The fourth-order valence-electron chi connectivity index (χ4n) is 2.13. The smallest absolute Gasteiger partial charge is 0.345 e. The Bertz CT molecular complexity index is 478. The summed E-state index contributed by atoms with van der Waals surface area (Å²) in [5.74, 6) is -0.499. The van der Waals surface area contributed by atoms with Crippen LogP contribution >= 0.6 is 11.6 Å². The third-order valence-electron chi connectivity index (χ3n) is 3.42. The molecule has 0 radical (unpaired) electrons. The summed E-state index contributed by atoms with van der Waals surface area (Å²) in [5, 5.41) is 2.64. The average molecular weight is 292 g/mol. The quantitative estimate of drug-likeness (QED) is 0.847. The van der Waals surface area contributed by atoms with Crippen LogP contribution in [-0.4, -0.2) is 17.3 Å². The Labute approximate surface area is 113 Å². The molecule has 0 bridgehead atoms. The van der Waals surface area contributed by atoms with Gasteiger partial charge in [-0.2, -0.15) is 13.2 Å². The van der Waals surface area contributed by atoms with Crippen molar-refractivity contribution in [3.8, 4) is 0 Å². The SMILES string of the molecule is O=C(NC1(CCl)CCC1)c1ccccc1C(F)(F)F. The van der Waals surface area contributed by atoms with Gasteiger partial charge in [0.25, 0.3) is 5.91 Å². The Kier molecular flexibility index (Phi) is 3.76. The number of halogens is 4. The average Bonchev–Trinajstić information content (AvgIpc) is 2.32. The van der Waals surface area contributed by atoms with Crippen molar-refractivity contribution in [3.63, 3.8) is 0 Å². The van der Waals surface area contributed by atoms with Gasteiger partial charge in [-0.15, -0.1) is 11.6 Å². The summed E-state index contributed by atoms with van der Waals surface area (Å²) >= 11 is 5.78. The number of hydrogen-bond donors (Lipinski definition) is 1. The van der Waals surface area contributed by atoms with E-state index in [2.05, 4.69) is 5.32 Å². The van der Waals surface area contributed by atoms with E-state index in [1.807, 2.05) is 0 Å². The van der Waals surface area contributed by atoms with Crippen LogP contribution in [-0.2, 0) is 6.18 Å². The van der Waals surface area contributed by atoms with E-state index in [0.29, 0.717) is 12.8 Å². The number of amides is 1. The summed E-state index contributed by atoms with van der Waals surface area (Å²) in [6.45, 7) is 0. The van der Waals surface area contributed by atoms with Crippen molar-refractivity contribution in [2.75, 3.05) is 5.88 Å². The van der Waals surface area contributed by atoms with Crippen molar-refractivity contribution < 1.29 is 18.0 Å². The topological polar surface area (TPSA) is 29.1 Å². The minimum Gasteiger partial charge on any atom is -0.345 e. The maximum atomic E-state index is 12.8. The summed E-state index contributed by atoms with van der Waals surface area (Å²) in [6, 6.07) is 4.76. The van der Waals surface area contributed by atoms with E-state index in [9.17, 15) is 18.0 Å². The maximum absolute atomic E-state index is 12.8. The Morgan fingerprint density at radius 1 is 1.32 bits per heavy atom. The molecular weight excluding hydrogens is 279 g/mol. The maximum Gasteiger partial charge on any atom is 0.417 e.